The van der Waals surface area contributed by atoms with Gasteiger partial charge in [-0.3, -0.25) is 0 Å². The largest absolute Gasteiger partial charge is 0.478 e. The highest BCUT2D eigenvalue weighted by atomic mass is 79.9. The van der Waals surface area contributed by atoms with Crippen LogP contribution in [0.2, 0.25) is 0 Å². The van der Waals surface area contributed by atoms with Crippen LogP contribution in [0.5, 0.6) is 0 Å². The second kappa shape index (κ2) is 5.55. The number of carboxylic acids is 1. The van der Waals surface area contributed by atoms with Crippen molar-refractivity contribution in [3.05, 3.63) is 52.5 Å². The minimum Gasteiger partial charge on any atom is -0.478 e. The third-order valence-corrected chi connectivity index (χ3v) is 5.46. The van der Waals surface area contributed by atoms with Crippen LogP contribution >= 0.6 is 39.2 Å². The lowest BCUT2D eigenvalue weighted by atomic mass is 10.2. The third kappa shape index (κ3) is 2.59. The van der Waals surface area contributed by atoms with E-state index >= 15 is 0 Å². The first kappa shape index (κ1) is 13.6. The monoisotopic (exact) mass is 365 g/mol. The number of fused-ring (bicyclic) bond motifs is 1. The summed E-state index contributed by atoms with van der Waals surface area (Å²) in [6, 6.07) is 13.3. The molecular formula is C14H8BrNO2S2. The van der Waals surface area contributed by atoms with Gasteiger partial charge >= 0.3 is 5.97 Å². The second-order valence-electron chi connectivity index (χ2n) is 4.04. The van der Waals surface area contributed by atoms with Gasteiger partial charge in [0.1, 0.15) is 0 Å². The highest BCUT2D eigenvalue weighted by Crippen LogP contribution is 2.37. The van der Waals surface area contributed by atoms with Crippen molar-refractivity contribution in [2.24, 2.45) is 0 Å². The number of aromatic nitrogens is 1. The van der Waals surface area contributed by atoms with Gasteiger partial charge in [-0.25, -0.2) is 4.79 Å². The van der Waals surface area contributed by atoms with E-state index in [4.69, 9.17) is 5.11 Å². The van der Waals surface area contributed by atoms with E-state index in [1.165, 1.54) is 23.3 Å². The molecule has 0 aliphatic rings. The summed E-state index contributed by atoms with van der Waals surface area (Å²) < 4.78 is 6.04. The molecule has 20 heavy (non-hydrogen) atoms. The van der Waals surface area contributed by atoms with E-state index in [0.717, 1.165) is 20.0 Å². The quantitative estimate of drug-likeness (QED) is 0.716. The van der Waals surface area contributed by atoms with E-state index in [2.05, 4.69) is 20.3 Å². The maximum atomic E-state index is 11.1. The summed E-state index contributed by atoms with van der Waals surface area (Å²) in [5.74, 6) is -0.937. The topological polar surface area (TPSA) is 50.2 Å². The zero-order valence-electron chi connectivity index (χ0n) is 10.0. The van der Waals surface area contributed by atoms with Gasteiger partial charge in [-0.1, -0.05) is 30.0 Å². The highest BCUT2D eigenvalue weighted by molar-refractivity contribution is 9.10. The van der Waals surface area contributed by atoms with Crippen molar-refractivity contribution in [1.82, 2.24) is 4.37 Å². The molecule has 1 aromatic heterocycles. The first-order valence-electron chi connectivity index (χ1n) is 5.70. The van der Waals surface area contributed by atoms with Gasteiger partial charge in [-0.2, -0.15) is 4.37 Å². The van der Waals surface area contributed by atoms with Crippen LogP contribution in [0.4, 0.5) is 0 Å². The second-order valence-corrected chi connectivity index (χ2v) is 7.01. The average Bonchev–Trinajstić information content (AvgIpc) is 2.84. The van der Waals surface area contributed by atoms with Crippen LogP contribution in [-0.2, 0) is 0 Å². The Morgan fingerprint density at radius 2 is 2.05 bits per heavy atom. The molecule has 0 atom stereocenters. The zero-order chi connectivity index (χ0) is 14.1. The SMILES string of the molecule is O=C(O)c1cc(Sc2snc3ccccc23)ccc1Br. The molecular weight excluding hydrogens is 358 g/mol. The number of carbonyl (C=O) groups is 1. The Morgan fingerprint density at radius 3 is 2.85 bits per heavy atom. The Hall–Kier alpha value is -1.37. The van der Waals surface area contributed by atoms with Crippen LogP contribution in [0.15, 0.2) is 56.0 Å². The molecule has 0 amide bonds. The molecule has 3 aromatic rings. The Labute approximate surface area is 131 Å². The molecule has 0 radical (unpaired) electrons. The summed E-state index contributed by atoms with van der Waals surface area (Å²) in [5, 5.41) is 10.2. The summed E-state index contributed by atoms with van der Waals surface area (Å²) in [5.41, 5.74) is 1.24. The van der Waals surface area contributed by atoms with Crippen LogP contribution in [0.25, 0.3) is 10.9 Å². The normalized spacial score (nSPS) is 10.8. The van der Waals surface area contributed by atoms with E-state index in [-0.39, 0.29) is 5.56 Å². The number of halogens is 1. The minimum absolute atomic E-state index is 0.267. The fourth-order valence-electron chi connectivity index (χ4n) is 1.78. The number of nitrogens with zero attached hydrogens (tertiary/aromatic N) is 1. The Morgan fingerprint density at radius 1 is 1.25 bits per heavy atom. The molecule has 0 spiro atoms. The molecule has 0 bridgehead atoms. The van der Waals surface area contributed by atoms with Gasteiger partial charge in [0.25, 0.3) is 0 Å². The van der Waals surface area contributed by atoms with Crippen molar-refractivity contribution < 1.29 is 9.90 Å². The van der Waals surface area contributed by atoms with E-state index in [1.807, 2.05) is 30.3 Å². The molecule has 0 saturated carbocycles. The molecule has 6 heteroatoms. The van der Waals surface area contributed by atoms with Gasteiger partial charge in [-0.05, 0) is 51.7 Å². The van der Waals surface area contributed by atoms with E-state index in [9.17, 15) is 4.79 Å². The van der Waals surface area contributed by atoms with Crippen molar-refractivity contribution in [2.45, 2.75) is 9.10 Å². The van der Waals surface area contributed by atoms with Gasteiger partial charge in [0.2, 0.25) is 0 Å². The predicted molar refractivity (Wildman–Crippen MR) is 84.8 cm³/mol. The summed E-state index contributed by atoms with van der Waals surface area (Å²) >= 11 is 6.21. The van der Waals surface area contributed by atoms with Gasteiger partial charge in [0.05, 0.1) is 15.3 Å². The molecule has 3 rings (SSSR count). The number of carboxylic acid groups (broad SMARTS) is 1. The van der Waals surface area contributed by atoms with E-state index < -0.39 is 5.97 Å². The molecule has 3 nitrogen and oxygen atoms in total. The summed E-state index contributed by atoms with van der Waals surface area (Å²) in [7, 11) is 0. The molecule has 0 fully saturated rings. The highest BCUT2D eigenvalue weighted by Gasteiger charge is 2.12. The fourth-order valence-corrected chi connectivity index (χ4v) is 4.16. The molecule has 1 heterocycles. The molecule has 0 unspecified atom stereocenters. The standard InChI is InChI=1S/C14H8BrNO2S2/c15-11-6-5-8(7-10(11)13(17)18)19-14-9-3-1-2-4-12(9)16-20-14/h1-7H,(H,17,18). The smallest absolute Gasteiger partial charge is 0.336 e. The molecule has 100 valence electrons. The van der Waals surface area contributed by atoms with Crippen molar-refractivity contribution in [2.75, 3.05) is 0 Å². The Kier molecular flexibility index (Phi) is 3.78. The number of aromatic carboxylic acids is 1. The predicted octanol–water partition coefficient (Wildman–Crippen LogP) is 4.91. The van der Waals surface area contributed by atoms with Crippen LogP contribution in [0.1, 0.15) is 10.4 Å². The van der Waals surface area contributed by atoms with Gasteiger partial charge < -0.3 is 5.11 Å². The molecule has 1 N–H and O–H groups in total. The summed E-state index contributed by atoms with van der Waals surface area (Å²) in [4.78, 5) is 12.0. The average molecular weight is 366 g/mol. The molecule has 0 aliphatic heterocycles. The third-order valence-electron chi connectivity index (χ3n) is 2.73. The minimum atomic E-state index is -0.937. The van der Waals surface area contributed by atoms with Crippen LogP contribution < -0.4 is 0 Å². The zero-order valence-corrected chi connectivity index (χ0v) is 13.3. The van der Waals surface area contributed by atoms with Crippen molar-refractivity contribution in [3.63, 3.8) is 0 Å². The summed E-state index contributed by atoms with van der Waals surface area (Å²) in [6.45, 7) is 0. The van der Waals surface area contributed by atoms with E-state index in [0.29, 0.717) is 4.47 Å². The van der Waals surface area contributed by atoms with Gasteiger partial charge in [-0.15, -0.1) is 0 Å². The van der Waals surface area contributed by atoms with Crippen LogP contribution in [-0.4, -0.2) is 15.4 Å². The Bertz CT molecular complexity index is 801. The lowest BCUT2D eigenvalue weighted by Crippen LogP contribution is -1.97. The first-order chi connectivity index (χ1) is 9.65. The molecule has 0 saturated heterocycles. The van der Waals surface area contributed by atoms with Gasteiger partial charge in [0, 0.05) is 14.8 Å². The van der Waals surface area contributed by atoms with Gasteiger partial charge in [0.15, 0.2) is 0 Å². The van der Waals surface area contributed by atoms with Crippen molar-refractivity contribution >= 4 is 56.1 Å². The number of hydrogen-bond acceptors (Lipinski definition) is 4. The number of benzene rings is 2. The lowest BCUT2D eigenvalue weighted by Gasteiger charge is -2.03. The van der Waals surface area contributed by atoms with Crippen LogP contribution in [0.3, 0.4) is 0 Å². The van der Waals surface area contributed by atoms with E-state index in [1.54, 1.807) is 12.1 Å². The maximum absolute atomic E-state index is 11.1. The first-order valence-corrected chi connectivity index (χ1v) is 8.08. The number of rotatable bonds is 3. The number of hydrogen-bond donors (Lipinski definition) is 1. The lowest BCUT2D eigenvalue weighted by molar-refractivity contribution is 0.0695. The Balaban J connectivity index is 1.99. The van der Waals surface area contributed by atoms with Crippen molar-refractivity contribution in [1.29, 1.82) is 0 Å². The van der Waals surface area contributed by atoms with Crippen molar-refractivity contribution in [3.8, 4) is 0 Å². The summed E-state index contributed by atoms with van der Waals surface area (Å²) in [6.07, 6.45) is 0. The van der Waals surface area contributed by atoms with Crippen LogP contribution in [0, 0.1) is 0 Å². The fraction of sp³-hybridized carbons (Fsp3) is 0. The maximum Gasteiger partial charge on any atom is 0.336 e. The molecule has 0 aliphatic carbocycles. The molecule has 2 aromatic carbocycles.